The zero-order valence-electron chi connectivity index (χ0n) is 7.72. The molecule has 1 unspecified atom stereocenters. The number of rotatable bonds is 2. The highest BCUT2D eigenvalue weighted by Crippen LogP contribution is 2.17. The van der Waals surface area contributed by atoms with Crippen molar-refractivity contribution in [1.29, 1.82) is 0 Å². The number of hydrogen-bond acceptors (Lipinski definition) is 5. The summed E-state index contributed by atoms with van der Waals surface area (Å²) in [6, 6.07) is 0. The Kier molecular flexibility index (Phi) is 1.90. The highest BCUT2D eigenvalue weighted by molar-refractivity contribution is 5.99. The van der Waals surface area contributed by atoms with Crippen molar-refractivity contribution in [2.24, 2.45) is 5.73 Å². The van der Waals surface area contributed by atoms with Gasteiger partial charge in [-0.2, -0.15) is 0 Å². The van der Waals surface area contributed by atoms with E-state index in [-0.39, 0.29) is 5.91 Å². The molecule has 1 atom stereocenters. The maximum Gasteiger partial charge on any atom is 0.274 e. The lowest BCUT2D eigenvalue weighted by molar-refractivity contribution is 0.0897. The molecule has 6 N–H and O–H groups in total. The molecule has 0 aromatic carbocycles. The maximum absolute atomic E-state index is 11.5. The van der Waals surface area contributed by atoms with Crippen molar-refractivity contribution in [1.82, 2.24) is 20.6 Å². The van der Waals surface area contributed by atoms with Gasteiger partial charge in [0, 0.05) is 0 Å². The number of anilines is 1. The molecule has 76 valence electrons. The number of nitrogens with one attached hydrogen (secondary N) is 4. The molecule has 1 aliphatic rings. The molecule has 0 saturated heterocycles. The third-order valence-electron chi connectivity index (χ3n) is 2.00. The molecule has 2 heterocycles. The monoisotopic (exact) mass is 196 g/mol. The van der Waals surface area contributed by atoms with Crippen molar-refractivity contribution in [2.75, 3.05) is 18.9 Å². The fraction of sp³-hybridized carbons (Fsp3) is 0.429. The largest absolute Gasteiger partial charge is 0.339 e. The summed E-state index contributed by atoms with van der Waals surface area (Å²) in [5.41, 5.74) is 6.28. The molecule has 14 heavy (non-hydrogen) atoms. The molecule has 1 aromatic rings. The number of aromatic amines is 1. The van der Waals surface area contributed by atoms with Gasteiger partial charge in [0.2, 0.25) is 0 Å². The van der Waals surface area contributed by atoms with Crippen molar-refractivity contribution in [3.05, 3.63) is 12.0 Å². The lowest BCUT2D eigenvalue weighted by atomic mass is 10.2. The van der Waals surface area contributed by atoms with Crippen LogP contribution < -0.4 is 21.7 Å². The van der Waals surface area contributed by atoms with E-state index in [1.54, 1.807) is 7.05 Å². The normalized spacial score (nSPS) is 25.1. The first-order valence-electron chi connectivity index (χ1n) is 4.22. The van der Waals surface area contributed by atoms with E-state index < -0.39 is 5.79 Å². The second kappa shape index (κ2) is 2.96. The third kappa shape index (κ3) is 1.32. The van der Waals surface area contributed by atoms with E-state index in [1.807, 2.05) is 0 Å². The summed E-state index contributed by atoms with van der Waals surface area (Å²) in [5, 5.41) is 8.44. The lowest BCUT2D eigenvalue weighted by Gasteiger charge is -2.34. The second-order valence-electron chi connectivity index (χ2n) is 3.21. The van der Waals surface area contributed by atoms with Crippen LogP contribution in [0.3, 0.4) is 0 Å². The quantitative estimate of drug-likeness (QED) is 0.391. The molecular weight excluding hydrogens is 184 g/mol. The summed E-state index contributed by atoms with van der Waals surface area (Å²) < 4.78 is 0. The highest BCUT2D eigenvalue weighted by atomic mass is 16.2. The molecule has 1 aliphatic heterocycles. The predicted octanol–water partition coefficient (Wildman–Crippen LogP) is -1.60. The Labute approximate surface area is 80.5 Å². The van der Waals surface area contributed by atoms with Crippen LogP contribution in [0.25, 0.3) is 0 Å². The van der Waals surface area contributed by atoms with Crippen molar-refractivity contribution >= 4 is 11.7 Å². The molecule has 0 fully saturated rings. The molecule has 7 heteroatoms. The Balaban J connectivity index is 2.29. The zero-order chi connectivity index (χ0) is 10.2. The Morgan fingerprint density at radius 2 is 2.43 bits per heavy atom. The minimum absolute atomic E-state index is 0.256. The van der Waals surface area contributed by atoms with Crippen LogP contribution in [0.4, 0.5) is 5.82 Å². The fourth-order valence-corrected chi connectivity index (χ4v) is 1.44. The van der Waals surface area contributed by atoms with E-state index in [1.165, 1.54) is 6.33 Å². The number of fused-ring (bicyclic) bond motifs is 1. The van der Waals surface area contributed by atoms with Gasteiger partial charge in [0.25, 0.3) is 5.91 Å². The molecule has 0 bridgehead atoms. The van der Waals surface area contributed by atoms with Gasteiger partial charge in [-0.05, 0) is 7.05 Å². The molecule has 0 aliphatic carbocycles. The van der Waals surface area contributed by atoms with Crippen LogP contribution in [0.2, 0.25) is 0 Å². The summed E-state index contributed by atoms with van der Waals surface area (Å²) in [5.74, 6) is -0.755. The Bertz CT molecular complexity index is 361. The molecule has 0 radical (unpaired) electrons. The zero-order valence-corrected chi connectivity index (χ0v) is 7.72. The number of nitrogens with two attached hydrogens (primary N) is 1. The number of hydrogen-bond donors (Lipinski definition) is 5. The Morgan fingerprint density at radius 1 is 1.64 bits per heavy atom. The summed E-state index contributed by atoms with van der Waals surface area (Å²) in [7, 11) is 1.75. The number of H-pyrrole nitrogens is 1. The molecule has 0 saturated carbocycles. The van der Waals surface area contributed by atoms with Gasteiger partial charge in [-0.15, -0.1) is 0 Å². The van der Waals surface area contributed by atoms with Crippen LogP contribution in [-0.4, -0.2) is 35.3 Å². The van der Waals surface area contributed by atoms with E-state index in [0.29, 0.717) is 18.1 Å². The Hall–Kier alpha value is -1.60. The van der Waals surface area contributed by atoms with Gasteiger partial charge in [-0.3, -0.25) is 10.5 Å². The third-order valence-corrected chi connectivity index (χ3v) is 2.00. The van der Waals surface area contributed by atoms with Crippen LogP contribution in [-0.2, 0) is 0 Å². The van der Waals surface area contributed by atoms with Gasteiger partial charge < -0.3 is 20.9 Å². The van der Waals surface area contributed by atoms with Crippen molar-refractivity contribution < 1.29 is 4.79 Å². The average Bonchev–Trinajstić information content (AvgIpc) is 2.51. The summed E-state index contributed by atoms with van der Waals surface area (Å²) in [4.78, 5) is 18.2. The molecule has 1 amide bonds. The summed E-state index contributed by atoms with van der Waals surface area (Å²) in [6.45, 7) is 0.408. The number of aromatic nitrogens is 2. The first-order chi connectivity index (χ1) is 6.64. The van der Waals surface area contributed by atoms with Gasteiger partial charge in [0.1, 0.15) is 5.69 Å². The first-order valence-corrected chi connectivity index (χ1v) is 4.22. The highest BCUT2D eigenvalue weighted by Gasteiger charge is 2.34. The molecule has 2 rings (SSSR count). The number of likely N-dealkylation sites (N-methyl/N-ethyl adjacent to an activating group) is 1. The minimum atomic E-state index is -0.978. The second-order valence-corrected chi connectivity index (χ2v) is 3.21. The smallest absolute Gasteiger partial charge is 0.274 e. The molecule has 1 aromatic heterocycles. The van der Waals surface area contributed by atoms with Crippen molar-refractivity contribution in [3.8, 4) is 0 Å². The summed E-state index contributed by atoms with van der Waals surface area (Å²) in [6.07, 6.45) is 1.45. The van der Waals surface area contributed by atoms with Crippen LogP contribution in [0, 0.1) is 0 Å². The number of imidazole rings is 1. The average molecular weight is 196 g/mol. The van der Waals surface area contributed by atoms with E-state index in [4.69, 9.17) is 5.73 Å². The molecule has 7 nitrogen and oxygen atoms in total. The van der Waals surface area contributed by atoms with E-state index >= 15 is 0 Å². The van der Waals surface area contributed by atoms with Gasteiger partial charge in [0.05, 0.1) is 12.9 Å². The van der Waals surface area contributed by atoms with Crippen LogP contribution in [0.5, 0.6) is 0 Å². The van der Waals surface area contributed by atoms with Crippen LogP contribution >= 0.6 is 0 Å². The standard InChI is InChI=1S/C7H12N6O/c1-9-2-7(8)12-5-4(6(14)13-7)10-3-11-5/h3,9,12H,2,8H2,1H3,(H,10,11)(H,13,14). The van der Waals surface area contributed by atoms with E-state index in [2.05, 4.69) is 25.9 Å². The number of nitrogens with zero attached hydrogens (tertiary/aromatic N) is 1. The SMILES string of the molecule is CNCC1(N)NC(=O)c2[nH]cnc2N1. The summed E-state index contributed by atoms with van der Waals surface area (Å²) >= 11 is 0. The fourth-order valence-electron chi connectivity index (χ4n) is 1.44. The first kappa shape index (κ1) is 8.97. The maximum atomic E-state index is 11.5. The van der Waals surface area contributed by atoms with E-state index in [0.717, 1.165) is 0 Å². The van der Waals surface area contributed by atoms with Gasteiger partial charge in [-0.1, -0.05) is 0 Å². The predicted molar refractivity (Wildman–Crippen MR) is 50.5 cm³/mol. The van der Waals surface area contributed by atoms with Gasteiger partial charge in [0.15, 0.2) is 11.6 Å². The molecular formula is C7H12N6O. The number of amides is 1. The Morgan fingerprint density at radius 3 is 3.14 bits per heavy atom. The van der Waals surface area contributed by atoms with Gasteiger partial charge >= 0.3 is 0 Å². The minimum Gasteiger partial charge on any atom is -0.339 e. The van der Waals surface area contributed by atoms with E-state index in [9.17, 15) is 4.79 Å². The topological polar surface area (TPSA) is 108 Å². The lowest BCUT2D eigenvalue weighted by Crippen LogP contribution is -2.68. The van der Waals surface area contributed by atoms with Crippen molar-refractivity contribution in [3.63, 3.8) is 0 Å². The van der Waals surface area contributed by atoms with Crippen LogP contribution in [0.15, 0.2) is 6.33 Å². The molecule has 0 spiro atoms. The van der Waals surface area contributed by atoms with Gasteiger partial charge in [-0.25, -0.2) is 4.98 Å². The van der Waals surface area contributed by atoms with Crippen molar-refractivity contribution in [2.45, 2.75) is 5.79 Å². The number of carbonyl (C=O) groups excluding carboxylic acids is 1. The number of carbonyl (C=O) groups is 1. The van der Waals surface area contributed by atoms with Crippen LogP contribution in [0.1, 0.15) is 10.5 Å².